The van der Waals surface area contributed by atoms with Crippen molar-refractivity contribution >= 4 is 10.0 Å². The van der Waals surface area contributed by atoms with Crippen LogP contribution < -0.4 is 10.5 Å². The molecule has 0 aliphatic rings. The zero-order valence-corrected chi connectivity index (χ0v) is 10.4. The maximum Gasteiger partial charge on any atom is 0.210 e. The molecule has 0 amide bonds. The lowest BCUT2D eigenvalue weighted by Gasteiger charge is -2.13. The molecule has 0 aliphatic carbocycles. The molecular weight excluding hydrogens is 238 g/mol. The topological polar surface area (TPSA) is 96.0 Å². The Morgan fingerprint density at radius 2 is 2.24 bits per heavy atom. The van der Waals surface area contributed by atoms with Gasteiger partial charge in [0.1, 0.15) is 0 Å². The number of nitriles is 1. The fourth-order valence-corrected chi connectivity index (χ4v) is 1.82. The molecule has 0 bridgehead atoms. The molecule has 0 aliphatic heterocycles. The molecule has 1 aromatic rings. The smallest absolute Gasteiger partial charge is 0.210 e. The molecule has 1 unspecified atom stereocenters. The van der Waals surface area contributed by atoms with Crippen LogP contribution in [0.5, 0.6) is 0 Å². The SMILES string of the molecule is CC(NCCS(N)(=O)=O)c1cccc(C#N)c1. The van der Waals surface area contributed by atoms with Crippen molar-refractivity contribution in [3.8, 4) is 6.07 Å². The Hall–Kier alpha value is -1.42. The number of nitrogens with zero attached hydrogens (tertiary/aromatic N) is 1. The summed E-state index contributed by atoms with van der Waals surface area (Å²) in [4.78, 5) is 0. The molecule has 92 valence electrons. The van der Waals surface area contributed by atoms with E-state index in [1.54, 1.807) is 18.2 Å². The van der Waals surface area contributed by atoms with Crippen LogP contribution in [0.3, 0.4) is 0 Å². The number of rotatable bonds is 5. The highest BCUT2D eigenvalue weighted by atomic mass is 32.2. The Labute approximate surface area is 101 Å². The Balaban J connectivity index is 2.58. The van der Waals surface area contributed by atoms with E-state index in [0.29, 0.717) is 5.56 Å². The van der Waals surface area contributed by atoms with E-state index >= 15 is 0 Å². The predicted molar refractivity (Wildman–Crippen MR) is 65.5 cm³/mol. The normalized spacial score (nSPS) is 13.0. The van der Waals surface area contributed by atoms with E-state index < -0.39 is 10.0 Å². The summed E-state index contributed by atoms with van der Waals surface area (Å²) in [6, 6.07) is 9.21. The molecule has 1 rings (SSSR count). The quantitative estimate of drug-likeness (QED) is 0.798. The van der Waals surface area contributed by atoms with Gasteiger partial charge in [-0.05, 0) is 24.6 Å². The van der Waals surface area contributed by atoms with Crippen molar-refractivity contribution in [3.05, 3.63) is 35.4 Å². The molecule has 3 N–H and O–H groups in total. The van der Waals surface area contributed by atoms with E-state index in [9.17, 15) is 8.42 Å². The monoisotopic (exact) mass is 253 g/mol. The maximum absolute atomic E-state index is 10.7. The van der Waals surface area contributed by atoms with Gasteiger partial charge in [0.25, 0.3) is 0 Å². The van der Waals surface area contributed by atoms with Crippen molar-refractivity contribution in [2.75, 3.05) is 12.3 Å². The van der Waals surface area contributed by atoms with Gasteiger partial charge in [0, 0.05) is 12.6 Å². The molecule has 6 heteroatoms. The lowest BCUT2D eigenvalue weighted by Crippen LogP contribution is -2.28. The van der Waals surface area contributed by atoms with Crippen molar-refractivity contribution < 1.29 is 8.42 Å². The zero-order chi connectivity index (χ0) is 12.9. The molecule has 1 atom stereocenters. The number of hydrogen-bond acceptors (Lipinski definition) is 4. The Morgan fingerprint density at radius 3 is 2.82 bits per heavy atom. The summed E-state index contributed by atoms with van der Waals surface area (Å²) in [6.45, 7) is 2.19. The van der Waals surface area contributed by atoms with Crippen LogP contribution in [-0.4, -0.2) is 20.7 Å². The van der Waals surface area contributed by atoms with Gasteiger partial charge in [-0.2, -0.15) is 5.26 Å². The summed E-state index contributed by atoms with van der Waals surface area (Å²) in [7, 11) is -3.43. The molecule has 17 heavy (non-hydrogen) atoms. The summed E-state index contributed by atoms with van der Waals surface area (Å²) in [5, 5.41) is 16.7. The van der Waals surface area contributed by atoms with Crippen LogP contribution in [0.25, 0.3) is 0 Å². The van der Waals surface area contributed by atoms with Gasteiger partial charge in [-0.3, -0.25) is 0 Å². The lowest BCUT2D eigenvalue weighted by atomic mass is 10.1. The van der Waals surface area contributed by atoms with Gasteiger partial charge in [0.15, 0.2) is 0 Å². The first kappa shape index (κ1) is 13.6. The average Bonchev–Trinajstić information content (AvgIpc) is 2.27. The van der Waals surface area contributed by atoms with Crippen molar-refractivity contribution in [2.45, 2.75) is 13.0 Å². The highest BCUT2D eigenvalue weighted by molar-refractivity contribution is 7.89. The first-order valence-corrected chi connectivity index (χ1v) is 6.88. The lowest BCUT2D eigenvalue weighted by molar-refractivity contribution is 0.573. The Bertz CT molecular complexity index is 520. The van der Waals surface area contributed by atoms with Crippen LogP contribution in [0, 0.1) is 11.3 Å². The first-order chi connectivity index (χ1) is 7.92. The highest BCUT2D eigenvalue weighted by Crippen LogP contribution is 2.13. The van der Waals surface area contributed by atoms with Crippen molar-refractivity contribution in [1.29, 1.82) is 5.26 Å². The van der Waals surface area contributed by atoms with E-state index in [0.717, 1.165) is 5.56 Å². The van der Waals surface area contributed by atoms with Crippen LogP contribution in [-0.2, 0) is 10.0 Å². The molecular formula is C11H15N3O2S. The van der Waals surface area contributed by atoms with Crippen molar-refractivity contribution in [3.63, 3.8) is 0 Å². The van der Waals surface area contributed by atoms with E-state index in [1.807, 2.05) is 13.0 Å². The van der Waals surface area contributed by atoms with Crippen LogP contribution in [0.15, 0.2) is 24.3 Å². The minimum atomic E-state index is -3.43. The second-order valence-corrected chi connectivity index (χ2v) is 5.51. The number of primary sulfonamides is 1. The number of benzene rings is 1. The van der Waals surface area contributed by atoms with Crippen molar-refractivity contribution in [1.82, 2.24) is 5.32 Å². The molecule has 0 saturated heterocycles. The van der Waals surface area contributed by atoms with Crippen LogP contribution in [0.1, 0.15) is 24.1 Å². The summed E-state index contributed by atoms with van der Waals surface area (Å²) >= 11 is 0. The maximum atomic E-state index is 10.7. The molecule has 0 radical (unpaired) electrons. The summed E-state index contributed by atoms with van der Waals surface area (Å²) < 4.78 is 21.5. The zero-order valence-electron chi connectivity index (χ0n) is 9.55. The second-order valence-electron chi connectivity index (χ2n) is 3.78. The second kappa shape index (κ2) is 5.77. The minimum Gasteiger partial charge on any atom is -0.309 e. The van der Waals surface area contributed by atoms with Gasteiger partial charge in [-0.25, -0.2) is 13.6 Å². The largest absolute Gasteiger partial charge is 0.309 e. The number of sulfonamides is 1. The highest BCUT2D eigenvalue weighted by Gasteiger charge is 2.07. The molecule has 0 spiro atoms. The van der Waals surface area contributed by atoms with Gasteiger partial charge in [0.2, 0.25) is 10.0 Å². The van der Waals surface area contributed by atoms with Gasteiger partial charge in [-0.1, -0.05) is 12.1 Å². The third-order valence-electron chi connectivity index (χ3n) is 2.35. The van der Waals surface area contributed by atoms with E-state index in [1.165, 1.54) is 0 Å². The number of nitrogens with one attached hydrogen (secondary N) is 1. The average molecular weight is 253 g/mol. The van der Waals surface area contributed by atoms with E-state index in [2.05, 4.69) is 11.4 Å². The standard InChI is InChI=1S/C11H15N3O2S/c1-9(14-5-6-17(13,15)16)11-4-2-3-10(7-11)8-12/h2-4,7,9,14H,5-6H2,1H3,(H2,13,15,16). The van der Waals surface area contributed by atoms with Crippen molar-refractivity contribution in [2.24, 2.45) is 5.14 Å². The first-order valence-electron chi connectivity index (χ1n) is 5.16. The van der Waals surface area contributed by atoms with E-state index in [4.69, 9.17) is 10.4 Å². The number of nitrogens with two attached hydrogens (primary N) is 1. The number of hydrogen-bond donors (Lipinski definition) is 2. The van der Waals surface area contributed by atoms with Crippen LogP contribution in [0.4, 0.5) is 0 Å². The van der Waals surface area contributed by atoms with E-state index in [-0.39, 0.29) is 18.3 Å². The van der Waals surface area contributed by atoms with Crippen LogP contribution in [0.2, 0.25) is 0 Å². The van der Waals surface area contributed by atoms with Gasteiger partial charge in [-0.15, -0.1) is 0 Å². The third-order valence-corrected chi connectivity index (χ3v) is 3.13. The molecule has 5 nitrogen and oxygen atoms in total. The molecule has 0 heterocycles. The predicted octanol–water partition coefficient (Wildman–Crippen LogP) is 0.497. The van der Waals surface area contributed by atoms with Gasteiger partial charge in [0.05, 0.1) is 17.4 Å². The summed E-state index contributed by atoms with van der Waals surface area (Å²) in [5.41, 5.74) is 1.53. The van der Waals surface area contributed by atoms with Gasteiger partial charge >= 0.3 is 0 Å². The Morgan fingerprint density at radius 1 is 1.53 bits per heavy atom. The molecule has 0 fully saturated rings. The third kappa shape index (κ3) is 4.95. The fraction of sp³-hybridized carbons (Fsp3) is 0.364. The molecule has 0 aromatic heterocycles. The molecule has 1 aromatic carbocycles. The molecule has 0 saturated carbocycles. The Kier molecular flexibility index (Phi) is 4.63. The minimum absolute atomic E-state index is 0.0231. The van der Waals surface area contributed by atoms with Crippen LogP contribution >= 0.6 is 0 Å². The summed E-state index contributed by atoms with van der Waals surface area (Å²) in [6.07, 6.45) is 0. The van der Waals surface area contributed by atoms with Gasteiger partial charge < -0.3 is 5.32 Å². The fourth-order valence-electron chi connectivity index (χ4n) is 1.41. The summed E-state index contributed by atoms with van der Waals surface area (Å²) in [5.74, 6) is -0.102.